The van der Waals surface area contributed by atoms with Crippen LogP contribution in [0.2, 0.25) is 0 Å². The number of unbranched alkanes of at least 4 members (excludes halogenated alkanes) is 7. The molecule has 1 unspecified atom stereocenters. The minimum Gasteiger partial charge on any atom is -0.382 e. The lowest BCUT2D eigenvalue weighted by atomic mass is 10.0. The fourth-order valence-electron chi connectivity index (χ4n) is 5.24. The minimum absolute atomic E-state index is 0.0771. The average Bonchev–Trinajstić information content (AvgIpc) is 3.29. The highest BCUT2D eigenvalue weighted by Crippen LogP contribution is 2.32. The Morgan fingerprint density at radius 3 is 1.87 bits per heavy atom. The lowest BCUT2D eigenvalue weighted by Gasteiger charge is -2.27. The highest BCUT2D eigenvalue weighted by Gasteiger charge is 2.45. The first kappa shape index (κ1) is 36.6. The molecule has 12 nitrogen and oxygen atoms in total. The monoisotopic (exact) mass is 633 g/mol. The van der Waals surface area contributed by atoms with E-state index in [2.05, 4.69) is 17.6 Å². The molecule has 0 saturated carbocycles. The molecule has 0 radical (unpaired) electrons. The molecule has 3 rings (SSSR count). The Hall–Kier alpha value is -2.90. The van der Waals surface area contributed by atoms with Crippen LogP contribution >= 0.6 is 0 Å². The highest BCUT2D eigenvalue weighted by molar-refractivity contribution is 6.25. The number of fused-ring (bicyclic) bond motifs is 1. The molecule has 1 aromatic carbocycles. The summed E-state index contributed by atoms with van der Waals surface area (Å²) in [6, 6.07) is 3.95. The van der Waals surface area contributed by atoms with Crippen LogP contribution in [-0.2, 0) is 33.3 Å². The van der Waals surface area contributed by atoms with Crippen LogP contribution in [-0.4, -0.2) is 107 Å². The number of carbonyl (C=O) groups is 4. The Morgan fingerprint density at radius 2 is 1.27 bits per heavy atom. The quantitative estimate of drug-likeness (QED) is 0.115. The van der Waals surface area contributed by atoms with E-state index in [4.69, 9.17) is 23.7 Å². The van der Waals surface area contributed by atoms with Crippen LogP contribution in [0.1, 0.15) is 91.8 Å². The molecule has 252 valence electrons. The summed E-state index contributed by atoms with van der Waals surface area (Å²) in [6.07, 6.45) is 10.6. The number of amides is 4. The number of carbonyl (C=O) groups excluding carboxylic acids is 4. The van der Waals surface area contributed by atoms with Crippen LogP contribution in [0.5, 0.6) is 0 Å². The molecule has 0 spiro atoms. The van der Waals surface area contributed by atoms with Gasteiger partial charge in [-0.2, -0.15) is 0 Å². The van der Waals surface area contributed by atoms with Gasteiger partial charge in [0.05, 0.1) is 70.6 Å². The van der Waals surface area contributed by atoms with E-state index in [1.165, 1.54) is 44.9 Å². The number of benzene rings is 1. The molecule has 0 aromatic heterocycles. The Kier molecular flexibility index (Phi) is 17.7. The first-order valence-corrected chi connectivity index (χ1v) is 16.5. The molecule has 4 amide bonds. The molecule has 1 atom stereocenters. The highest BCUT2D eigenvalue weighted by atomic mass is 16.6. The van der Waals surface area contributed by atoms with E-state index in [9.17, 15) is 19.2 Å². The molecule has 2 aliphatic rings. The van der Waals surface area contributed by atoms with Crippen LogP contribution in [0.25, 0.3) is 0 Å². The standard InChI is InChI=1S/C33H51N3O9/c1-2-3-4-5-6-7-8-9-16-41-18-20-43-22-24-45-25-23-44-21-19-42-17-15-34-27-12-10-11-26-30(27)33(40)36(32(26)39)28-13-14-29(37)35-31(28)38/h10-12,28,34H,2-9,13-25H2,1H3,(H,35,37,38). The molecule has 45 heavy (non-hydrogen) atoms. The summed E-state index contributed by atoms with van der Waals surface area (Å²) in [5.41, 5.74) is 0.951. The summed E-state index contributed by atoms with van der Waals surface area (Å²) in [5.74, 6) is -2.12. The number of imide groups is 2. The van der Waals surface area contributed by atoms with Gasteiger partial charge in [0.25, 0.3) is 11.8 Å². The zero-order chi connectivity index (χ0) is 32.1. The van der Waals surface area contributed by atoms with Gasteiger partial charge in [0, 0.05) is 25.3 Å². The second-order valence-electron chi connectivity index (χ2n) is 11.1. The number of hydrogen-bond acceptors (Lipinski definition) is 10. The number of ether oxygens (including phenoxy) is 5. The summed E-state index contributed by atoms with van der Waals surface area (Å²) < 4.78 is 27.8. The third kappa shape index (κ3) is 12.8. The van der Waals surface area contributed by atoms with Crippen LogP contribution < -0.4 is 10.6 Å². The number of anilines is 1. The van der Waals surface area contributed by atoms with Crippen molar-refractivity contribution in [1.29, 1.82) is 0 Å². The lowest BCUT2D eigenvalue weighted by molar-refractivity contribution is -0.136. The molecule has 1 fully saturated rings. The van der Waals surface area contributed by atoms with E-state index >= 15 is 0 Å². The van der Waals surface area contributed by atoms with Gasteiger partial charge < -0.3 is 29.0 Å². The molecule has 12 heteroatoms. The Morgan fingerprint density at radius 1 is 0.711 bits per heavy atom. The van der Waals surface area contributed by atoms with E-state index in [1.54, 1.807) is 18.2 Å². The molecule has 2 aliphatic heterocycles. The van der Waals surface area contributed by atoms with Crippen molar-refractivity contribution >= 4 is 29.3 Å². The van der Waals surface area contributed by atoms with Gasteiger partial charge in [-0.15, -0.1) is 0 Å². The zero-order valence-electron chi connectivity index (χ0n) is 26.8. The normalized spacial score (nSPS) is 16.4. The molecule has 0 aliphatic carbocycles. The Balaban J connectivity index is 1.12. The first-order chi connectivity index (χ1) is 22.0. The van der Waals surface area contributed by atoms with Crippen molar-refractivity contribution in [3.05, 3.63) is 29.3 Å². The maximum atomic E-state index is 13.1. The minimum atomic E-state index is -0.996. The number of nitrogens with zero attached hydrogens (tertiary/aromatic N) is 1. The van der Waals surface area contributed by atoms with Crippen LogP contribution in [0.4, 0.5) is 5.69 Å². The SMILES string of the molecule is CCCCCCCCCCOCCOCCOCCOCCOCCNc1cccc2c1C(=O)N(C1CCC(=O)NC1=O)C2=O. The fraction of sp³-hybridized carbons (Fsp3) is 0.697. The van der Waals surface area contributed by atoms with Crippen molar-refractivity contribution in [3.8, 4) is 0 Å². The van der Waals surface area contributed by atoms with Gasteiger partial charge in [0.2, 0.25) is 11.8 Å². The molecule has 2 N–H and O–H groups in total. The topological polar surface area (TPSA) is 142 Å². The second-order valence-corrected chi connectivity index (χ2v) is 11.1. The summed E-state index contributed by atoms with van der Waals surface area (Å²) in [6.45, 7) is 7.79. The molecular formula is C33H51N3O9. The van der Waals surface area contributed by atoms with Gasteiger partial charge in [-0.25, -0.2) is 0 Å². The Bertz CT molecular complexity index is 1070. The maximum Gasteiger partial charge on any atom is 0.264 e. The second kappa shape index (κ2) is 21.8. The van der Waals surface area contributed by atoms with Crippen molar-refractivity contribution < 1.29 is 42.9 Å². The average molecular weight is 634 g/mol. The molecular weight excluding hydrogens is 582 g/mol. The molecule has 2 heterocycles. The van der Waals surface area contributed by atoms with Gasteiger partial charge in [-0.3, -0.25) is 29.4 Å². The van der Waals surface area contributed by atoms with Crippen molar-refractivity contribution in [2.75, 3.05) is 77.9 Å². The largest absolute Gasteiger partial charge is 0.382 e. The predicted octanol–water partition coefficient (Wildman–Crippen LogP) is 3.72. The first-order valence-electron chi connectivity index (χ1n) is 16.5. The van der Waals surface area contributed by atoms with E-state index in [0.717, 1.165) is 17.9 Å². The zero-order valence-corrected chi connectivity index (χ0v) is 26.8. The molecule has 0 bridgehead atoms. The van der Waals surface area contributed by atoms with Gasteiger partial charge in [0.15, 0.2) is 0 Å². The third-order valence-corrected chi connectivity index (χ3v) is 7.66. The van der Waals surface area contributed by atoms with Crippen molar-refractivity contribution in [2.45, 2.75) is 77.2 Å². The van der Waals surface area contributed by atoms with Crippen LogP contribution in [0, 0.1) is 0 Å². The number of piperidine rings is 1. The van der Waals surface area contributed by atoms with E-state index in [0.29, 0.717) is 71.7 Å². The van der Waals surface area contributed by atoms with Crippen molar-refractivity contribution in [1.82, 2.24) is 10.2 Å². The smallest absolute Gasteiger partial charge is 0.264 e. The third-order valence-electron chi connectivity index (χ3n) is 7.66. The van der Waals surface area contributed by atoms with Crippen molar-refractivity contribution in [2.24, 2.45) is 0 Å². The predicted molar refractivity (Wildman–Crippen MR) is 168 cm³/mol. The van der Waals surface area contributed by atoms with Gasteiger partial charge in [-0.05, 0) is 25.0 Å². The van der Waals surface area contributed by atoms with Gasteiger partial charge in [-0.1, -0.05) is 57.9 Å². The van der Waals surface area contributed by atoms with Gasteiger partial charge >= 0.3 is 0 Å². The van der Waals surface area contributed by atoms with E-state index in [1.807, 2.05) is 0 Å². The van der Waals surface area contributed by atoms with Gasteiger partial charge in [0.1, 0.15) is 6.04 Å². The van der Waals surface area contributed by atoms with E-state index in [-0.39, 0.29) is 24.0 Å². The summed E-state index contributed by atoms with van der Waals surface area (Å²) >= 11 is 0. The molecule has 1 saturated heterocycles. The van der Waals surface area contributed by atoms with E-state index < -0.39 is 29.7 Å². The fourth-order valence-corrected chi connectivity index (χ4v) is 5.24. The lowest BCUT2D eigenvalue weighted by Crippen LogP contribution is -2.54. The number of nitrogens with one attached hydrogen (secondary N) is 2. The Labute approximate surface area is 266 Å². The van der Waals surface area contributed by atoms with Crippen LogP contribution in [0.15, 0.2) is 18.2 Å². The number of hydrogen-bond donors (Lipinski definition) is 2. The molecule has 1 aromatic rings. The van der Waals surface area contributed by atoms with Crippen molar-refractivity contribution in [3.63, 3.8) is 0 Å². The maximum absolute atomic E-state index is 13.1. The van der Waals surface area contributed by atoms with Crippen LogP contribution in [0.3, 0.4) is 0 Å². The summed E-state index contributed by atoms with van der Waals surface area (Å²) in [7, 11) is 0. The number of rotatable bonds is 26. The summed E-state index contributed by atoms with van der Waals surface area (Å²) in [5, 5.41) is 5.34. The summed E-state index contributed by atoms with van der Waals surface area (Å²) in [4.78, 5) is 50.8.